The van der Waals surface area contributed by atoms with Crippen molar-refractivity contribution in [2.75, 3.05) is 6.54 Å². The number of nitrogens with one attached hydrogen (secondary N) is 1. The molecule has 3 heteroatoms. The van der Waals surface area contributed by atoms with Gasteiger partial charge < -0.3 is 9.88 Å². The average molecular weight is 246 g/mol. The Morgan fingerprint density at radius 3 is 2.83 bits per heavy atom. The normalized spacial score (nSPS) is 11.8. The van der Waals surface area contributed by atoms with Crippen LogP contribution in [0.4, 0.5) is 4.39 Å². The van der Waals surface area contributed by atoms with Crippen molar-refractivity contribution >= 4 is 17.0 Å². The third-order valence-electron chi connectivity index (χ3n) is 3.15. The second-order valence-electron chi connectivity index (χ2n) is 4.67. The number of benzene rings is 1. The summed E-state index contributed by atoms with van der Waals surface area (Å²) in [6, 6.07) is 5.27. The molecular weight excluding hydrogens is 227 g/mol. The molecule has 2 aromatic rings. The van der Waals surface area contributed by atoms with Crippen molar-refractivity contribution in [3.63, 3.8) is 0 Å². The smallest absolute Gasteiger partial charge is 0.123 e. The maximum Gasteiger partial charge on any atom is 0.123 e. The zero-order chi connectivity index (χ0) is 13.1. The maximum atomic E-state index is 13.2. The van der Waals surface area contributed by atoms with Gasteiger partial charge >= 0.3 is 0 Å². The van der Waals surface area contributed by atoms with Crippen LogP contribution in [0.1, 0.15) is 26.3 Å². The highest BCUT2D eigenvalue weighted by Crippen LogP contribution is 2.20. The van der Waals surface area contributed by atoms with Crippen LogP contribution in [-0.4, -0.2) is 22.5 Å². The fraction of sp³-hybridized carbons (Fsp3) is 0.333. The van der Waals surface area contributed by atoms with Crippen molar-refractivity contribution < 1.29 is 4.39 Å². The molecule has 1 N–H and O–H groups in total. The number of fused-ring (bicyclic) bond motifs is 1. The summed E-state index contributed by atoms with van der Waals surface area (Å²) in [6.45, 7) is 7.40. The first-order valence-electron chi connectivity index (χ1n) is 6.32. The molecule has 0 spiro atoms. The zero-order valence-corrected chi connectivity index (χ0v) is 11.1. The van der Waals surface area contributed by atoms with E-state index in [1.807, 2.05) is 12.3 Å². The van der Waals surface area contributed by atoms with E-state index in [4.69, 9.17) is 0 Å². The Kier molecular flexibility index (Phi) is 3.70. The molecule has 0 aliphatic carbocycles. The van der Waals surface area contributed by atoms with E-state index >= 15 is 0 Å². The number of hydrogen-bond acceptors (Lipinski definition) is 1. The lowest BCUT2D eigenvalue weighted by atomic mass is 10.1. The molecule has 1 aromatic heterocycles. The van der Waals surface area contributed by atoms with E-state index in [2.05, 4.69) is 36.9 Å². The van der Waals surface area contributed by atoms with Gasteiger partial charge in [0.05, 0.1) is 0 Å². The molecule has 0 atom stereocenters. The van der Waals surface area contributed by atoms with E-state index in [-0.39, 0.29) is 5.82 Å². The third-order valence-corrected chi connectivity index (χ3v) is 3.15. The molecule has 0 bridgehead atoms. The van der Waals surface area contributed by atoms with Crippen LogP contribution in [0.5, 0.6) is 0 Å². The fourth-order valence-electron chi connectivity index (χ4n) is 2.07. The monoisotopic (exact) mass is 246 g/mol. The summed E-state index contributed by atoms with van der Waals surface area (Å²) in [5.41, 5.74) is 1.98. The molecule has 2 nitrogen and oxygen atoms in total. The lowest BCUT2D eigenvalue weighted by Gasteiger charge is -2.22. The fourth-order valence-corrected chi connectivity index (χ4v) is 2.07. The number of aromatic amines is 1. The van der Waals surface area contributed by atoms with E-state index in [1.54, 1.807) is 12.1 Å². The standard InChI is InChI=1S/C15H19FN2/c1-4-18(11(2)3)8-7-12-10-17-15-6-5-13(16)9-14(12)15/h5-11,17H,4H2,1-3H3/b8-7+. The molecule has 0 amide bonds. The van der Waals surface area contributed by atoms with Gasteiger partial charge in [-0.15, -0.1) is 0 Å². The van der Waals surface area contributed by atoms with Gasteiger partial charge in [-0.1, -0.05) is 0 Å². The van der Waals surface area contributed by atoms with Crippen LogP contribution in [0.3, 0.4) is 0 Å². The molecule has 0 aliphatic rings. The Morgan fingerprint density at radius 2 is 2.17 bits per heavy atom. The van der Waals surface area contributed by atoms with Crippen LogP contribution in [0.2, 0.25) is 0 Å². The molecule has 0 unspecified atom stereocenters. The first-order chi connectivity index (χ1) is 8.61. The minimum absolute atomic E-state index is 0.201. The number of rotatable bonds is 4. The van der Waals surface area contributed by atoms with Crippen LogP contribution < -0.4 is 0 Å². The van der Waals surface area contributed by atoms with Gasteiger partial charge in [-0.3, -0.25) is 0 Å². The zero-order valence-electron chi connectivity index (χ0n) is 11.1. The van der Waals surface area contributed by atoms with Crippen LogP contribution in [0.15, 0.2) is 30.6 Å². The average Bonchev–Trinajstić information content (AvgIpc) is 2.72. The molecule has 0 aliphatic heterocycles. The van der Waals surface area contributed by atoms with Gasteiger partial charge in [0.15, 0.2) is 0 Å². The van der Waals surface area contributed by atoms with Crippen LogP contribution >= 0.6 is 0 Å². The first kappa shape index (κ1) is 12.7. The summed E-state index contributed by atoms with van der Waals surface area (Å²) in [5.74, 6) is -0.201. The predicted molar refractivity (Wildman–Crippen MR) is 74.8 cm³/mol. The van der Waals surface area contributed by atoms with E-state index in [0.29, 0.717) is 6.04 Å². The van der Waals surface area contributed by atoms with Crippen molar-refractivity contribution in [3.8, 4) is 0 Å². The lowest BCUT2D eigenvalue weighted by molar-refractivity contribution is 0.329. The molecule has 18 heavy (non-hydrogen) atoms. The number of H-pyrrole nitrogens is 1. The summed E-state index contributed by atoms with van der Waals surface area (Å²) >= 11 is 0. The summed E-state index contributed by atoms with van der Waals surface area (Å²) in [5, 5.41) is 0.922. The minimum atomic E-state index is -0.201. The van der Waals surface area contributed by atoms with E-state index in [0.717, 1.165) is 23.0 Å². The number of aromatic nitrogens is 1. The highest BCUT2D eigenvalue weighted by molar-refractivity contribution is 5.88. The molecule has 0 saturated carbocycles. The van der Waals surface area contributed by atoms with Gasteiger partial charge in [0.1, 0.15) is 5.82 Å². The van der Waals surface area contributed by atoms with Crippen LogP contribution in [0.25, 0.3) is 17.0 Å². The SMILES string of the molecule is CCN(/C=C/c1c[nH]c2ccc(F)cc12)C(C)C. The van der Waals surface area contributed by atoms with Gasteiger partial charge in [-0.2, -0.15) is 0 Å². The van der Waals surface area contributed by atoms with Crippen LogP contribution in [-0.2, 0) is 0 Å². The van der Waals surface area contributed by atoms with Gasteiger partial charge in [-0.25, -0.2) is 4.39 Å². The number of nitrogens with zero attached hydrogens (tertiary/aromatic N) is 1. The molecule has 96 valence electrons. The van der Waals surface area contributed by atoms with Crippen molar-refractivity contribution in [2.24, 2.45) is 0 Å². The second kappa shape index (κ2) is 5.25. The molecule has 0 fully saturated rings. The van der Waals surface area contributed by atoms with Crippen LogP contribution in [0, 0.1) is 5.82 Å². The van der Waals surface area contributed by atoms with Gasteiger partial charge in [-0.05, 0) is 51.2 Å². The van der Waals surface area contributed by atoms with Crippen molar-refractivity contribution in [2.45, 2.75) is 26.8 Å². The maximum absolute atomic E-state index is 13.2. The summed E-state index contributed by atoms with van der Waals surface area (Å²) < 4.78 is 13.2. The van der Waals surface area contributed by atoms with E-state index in [1.165, 1.54) is 6.07 Å². The molecule has 1 heterocycles. The van der Waals surface area contributed by atoms with Gasteiger partial charge in [0.25, 0.3) is 0 Å². The Morgan fingerprint density at radius 1 is 1.39 bits per heavy atom. The van der Waals surface area contributed by atoms with Crippen molar-refractivity contribution in [1.82, 2.24) is 9.88 Å². The van der Waals surface area contributed by atoms with Crippen molar-refractivity contribution in [1.29, 1.82) is 0 Å². The summed E-state index contributed by atoms with van der Waals surface area (Å²) in [6.07, 6.45) is 6.01. The number of halogens is 1. The van der Waals surface area contributed by atoms with Crippen molar-refractivity contribution in [3.05, 3.63) is 42.0 Å². The Hall–Kier alpha value is -1.77. The number of hydrogen-bond donors (Lipinski definition) is 1. The van der Waals surface area contributed by atoms with Gasteiger partial charge in [0, 0.05) is 35.2 Å². The Labute approximate surface area is 107 Å². The highest BCUT2D eigenvalue weighted by atomic mass is 19.1. The largest absolute Gasteiger partial charge is 0.375 e. The first-order valence-corrected chi connectivity index (χ1v) is 6.32. The highest BCUT2D eigenvalue weighted by Gasteiger charge is 2.04. The Balaban J connectivity index is 2.31. The molecule has 2 rings (SSSR count). The Bertz CT molecular complexity index is 555. The van der Waals surface area contributed by atoms with E-state index in [9.17, 15) is 4.39 Å². The van der Waals surface area contributed by atoms with E-state index < -0.39 is 0 Å². The predicted octanol–water partition coefficient (Wildman–Crippen LogP) is 4.01. The van der Waals surface area contributed by atoms with Gasteiger partial charge in [0.2, 0.25) is 0 Å². The molecule has 0 saturated heterocycles. The quantitative estimate of drug-likeness (QED) is 0.863. The minimum Gasteiger partial charge on any atom is -0.375 e. The second-order valence-corrected chi connectivity index (χ2v) is 4.67. The summed E-state index contributed by atoms with van der Waals surface area (Å²) in [4.78, 5) is 5.38. The topological polar surface area (TPSA) is 19.0 Å². The molecule has 1 aromatic carbocycles. The lowest BCUT2D eigenvalue weighted by Crippen LogP contribution is -2.24. The summed E-state index contributed by atoms with van der Waals surface area (Å²) in [7, 11) is 0. The third kappa shape index (κ3) is 2.55. The molecule has 0 radical (unpaired) electrons. The molecular formula is C15H19FN2.